The predicted molar refractivity (Wildman–Crippen MR) is 113 cm³/mol. The van der Waals surface area contributed by atoms with E-state index in [2.05, 4.69) is 25.3 Å². The van der Waals surface area contributed by atoms with E-state index in [0.29, 0.717) is 11.3 Å². The summed E-state index contributed by atoms with van der Waals surface area (Å²) in [5.41, 5.74) is 3.49. The van der Waals surface area contributed by atoms with Crippen LogP contribution in [0, 0.1) is 0 Å². The van der Waals surface area contributed by atoms with Crippen molar-refractivity contribution < 1.29 is 14.1 Å². The second-order valence-corrected chi connectivity index (χ2v) is 8.10. The fourth-order valence-corrected chi connectivity index (χ4v) is 3.78. The smallest absolute Gasteiger partial charge is 0.345 e. The summed E-state index contributed by atoms with van der Waals surface area (Å²) >= 11 is 0. The molecule has 4 rings (SSSR count). The molecule has 0 fully saturated rings. The number of benzene rings is 3. The summed E-state index contributed by atoms with van der Waals surface area (Å²) in [6, 6.07) is 23.7. The summed E-state index contributed by atoms with van der Waals surface area (Å²) in [5.74, 6) is 0.283. The highest BCUT2D eigenvalue weighted by Crippen LogP contribution is 2.32. The highest BCUT2D eigenvalue weighted by molar-refractivity contribution is 6.13. The fraction of sp³-hybridized carbons (Fsp3) is 0.200. The molecule has 28 heavy (non-hydrogen) atoms. The minimum atomic E-state index is -0.329. The summed E-state index contributed by atoms with van der Waals surface area (Å²) in [4.78, 5) is 13.4. The van der Waals surface area contributed by atoms with E-state index in [1.165, 1.54) is 0 Å². The summed E-state index contributed by atoms with van der Waals surface area (Å²) in [5, 5.41) is 1.78. The van der Waals surface area contributed by atoms with Gasteiger partial charge >= 0.3 is 5.97 Å². The minimum Gasteiger partial charge on any atom is -0.423 e. The van der Waals surface area contributed by atoms with Gasteiger partial charge in [0.05, 0.1) is 16.3 Å². The number of esters is 1. The van der Waals surface area contributed by atoms with Crippen molar-refractivity contribution >= 4 is 27.8 Å². The molecule has 3 heteroatoms. The minimum absolute atomic E-state index is 0.121. The predicted octanol–water partition coefficient (Wildman–Crippen LogP) is 5.33. The lowest BCUT2D eigenvalue weighted by atomic mass is 9.86. The zero-order valence-electron chi connectivity index (χ0n) is 16.7. The second kappa shape index (κ2) is 6.75. The third-order valence-electron chi connectivity index (χ3n) is 5.17. The highest BCUT2D eigenvalue weighted by Gasteiger charge is 2.25. The molecule has 0 amide bonds. The van der Waals surface area contributed by atoms with Gasteiger partial charge in [-0.15, -0.1) is 0 Å². The molecule has 0 atom stereocenters. The zero-order valence-corrected chi connectivity index (χ0v) is 16.7. The van der Waals surface area contributed by atoms with Crippen LogP contribution in [-0.4, -0.2) is 5.97 Å². The first-order valence-corrected chi connectivity index (χ1v) is 9.49. The van der Waals surface area contributed by atoms with Gasteiger partial charge in [0, 0.05) is 17.7 Å². The molecule has 0 saturated carbocycles. The van der Waals surface area contributed by atoms with Gasteiger partial charge in [-0.3, -0.25) is 0 Å². The van der Waals surface area contributed by atoms with Gasteiger partial charge in [0.15, 0.2) is 0 Å². The number of hydrogen-bond donors (Lipinski definition) is 0. The second-order valence-electron chi connectivity index (χ2n) is 8.10. The fourth-order valence-electron chi connectivity index (χ4n) is 3.78. The number of ether oxygens (including phenoxy) is 1. The lowest BCUT2D eigenvalue weighted by molar-refractivity contribution is -0.617. The lowest BCUT2D eigenvalue weighted by Crippen LogP contribution is -2.31. The Hall–Kier alpha value is -3.20. The molecule has 0 spiro atoms. The number of rotatable bonds is 2. The van der Waals surface area contributed by atoms with Gasteiger partial charge in [-0.1, -0.05) is 63.2 Å². The van der Waals surface area contributed by atoms with Crippen LogP contribution in [0.4, 0.5) is 0 Å². The Morgan fingerprint density at radius 3 is 1.86 bits per heavy atom. The number of pyridine rings is 1. The number of carbonyl (C=O) groups is 1. The Morgan fingerprint density at radius 1 is 0.786 bits per heavy atom. The molecule has 4 aromatic rings. The van der Waals surface area contributed by atoms with Crippen molar-refractivity contribution in [2.75, 3.05) is 0 Å². The van der Waals surface area contributed by atoms with E-state index in [0.717, 1.165) is 27.4 Å². The molecule has 1 heterocycles. The molecule has 140 valence electrons. The lowest BCUT2D eigenvalue weighted by Gasteiger charge is -2.22. The van der Waals surface area contributed by atoms with E-state index in [1.54, 1.807) is 0 Å². The van der Waals surface area contributed by atoms with E-state index in [9.17, 15) is 4.79 Å². The molecule has 0 N–H and O–H groups in total. The Labute approximate surface area is 165 Å². The molecule has 0 saturated heterocycles. The van der Waals surface area contributed by atoms with Crippen molar-refractivity contribution in [1.82, 2.24) is 0 Å². The van der Waals surface area contributed by atoms with Crippen LogP contribution in [-0.2, 0) is 12.5 Å². The van der Waals surface area contributed by atoms with Crippen LogP contribution in [0.5, 0.6) is 5.75 Å². The number of para-hydroxylation sites is 3. The maximum atomic E-state index is 13.4. The molecule has 0 aliphatic rings. The molecular formula is C25H24NO2+. The van der Waals surface area contributed by atoms with Gasteiger partial charge in [-0.05, 0) is 23.6 Å². The molecule has 0 unspecified atom stereocenters. The van der Waals surface area contributed by atoms with E-state index in [-0.39, 0.29) is 11.4 Å². The van der Waals surface area contributed by atoms with Crippen molar-refractivity contribution in [3.8, 4) is 5.75 Å². The first-order valence-electron chi connectivity index (χ1n) is 9.49. The first-order chi connectivity index (χ1) is 13.4. The normalized spacial score (nSPS) is 11.7. The number of fused-ring (bicyclic) bond motifs is 2. The van der Waals surface area contributed by atoms with E-state index < -0.39 is 0 Å². The molecule has 3 nitrogen and oxygen atoms in total. The van der Waals surface area contributed by atoms with E-state index >= 15 is 0 Å². The van der Waals surface area contributed by atoms with E-state index in [1.807, 2.05) is 79.8 Å². The van der Waals surface area contributed by atoms with E-state index in [4.69, 9.17) is 4.74 Å². The van der Waals surface area contributed by atoms with Crippen LogP contribution < -0.4 is 9.30 Å². The number of carbonyl (C=O) groups excluding carboxylic acids is 1. The van der Waals surface area contributed by atoms with Crippen LogP contribution in [0.15, 0.2) is 72.8 Å². The third-order valence-corrected chi connectivity index (χ3v) is 5.17. The van der Waals surface area contributed by atoms with Gasteiger partial charge in [0.2, 0.25) is 11.0 Å². The largest absolute Gasteiger partial charge is 0.423 e. The SMILES string of the molecule is C[n+]1c2ccccc2c(C(=O)Oc2ccccc2C(C)(C)C)c2ccccc21. The van der Waals surface area contributed by atoms with Crippen molar-refractivity contribution in [2.24, 2.45) is 7.05 Å². The highest BCUT2D eigenvalue weighted by atomic mass is 16.5. The average molecular weight is 370 g/mol. The van der Waals surface area contributed by atoms with Gasteiger partial charge in [0.25, 0.3) is 0 Å². The Balaban J connectivity index is 1.92. The third kappa shape index (κ3) is 3.03. The van der Waals surface area contributed by atoms with Crippen LogP contribution in [0.25, 0.3) is 21.8 Å². The molecular weight excluding hydrogens is 346 g/mol. The van der Waals surface area contributed by atoms with Crippen molar-refractivity contribution in [1.29, 1.82) is 0 Å². The molecule has 0 aliphatic heterocycles. The number of hydrogen-bond acceptors (Lipinski definition) is 2. The average Bonchev–Trinajstić information content (AvgIpc) is 2.68. The Kier molecular flexibility index (Phi) is 4.38. The molecule has 0 radical (unpaired) electrons. The number of aromatic nitrogens is 1. The summed E-state index contributed by atoms with van der Waals surface area (Å²) in [7, 11) is 2.02. The van der Waals surface area contributed by atoms with Gasteiger partial charge in [-0.25, -0.2) is 4.79 Å². The van der Waals surface area contributed by atoms with Crippen LogP contribution in [0.1, 0.15) is 36.7 Å². The standard InChI is InChI=1S/C25H24NO2/c1-25(2,3)19-13-7-10-16-22(19)28-24(27)23-17-11-5-8-14-20(17)26(4)21-15-9-6-12-18(21)23/h5-16H,1-4H3/q+1. The quantitative estimate of drug-likeness (QED) is 0.206. The summed E-state index contributed by atoms with van der Waals surface area (Å²) in [6.45, 7) is 6.35. The molecule has 1 aromatic heterocycles. The maximum absolute atomic E-state index is 13.4. The van der Waals surface area contributed by atoms with Gasteiger partial charge in [0.1, 0.15) is 12.8 Å². The van der Waals surface area contributed by atoms with Crippen molar-refractivity contribution in [2.45, 2.75) is 26.2 Å². The van der Waals surface area contributed by atoms with Gasteiger partial charge < -0.3 is 4.74 Å². The van der Waals surface area contributed by atoms with Gasteiger partial charge in [-0.2, -0.15) is 4.57 Å². The molecule has 0 aliphatic carbocycles. The number of nitrogens with zero attached hydrogens (tertiary/aromatic N) is 1. The number of aryl methyl sites for hydroxylation is 1. The van der Waals surface area contributed by atoms with Crippen LogP contribution in [0.3, 0.4) is 0 Å². The van der Waals surface area contributed by atoms with Crippen molar-refractivity contribution in [3.63, 3.8) is 0 Å². The molecule has 3 aromatic carbocycles. The summed E-state index contributed by atoms with van der Waals surface area (Å²) in [6.07, 6.45) is 0. The molecule has 0 bridgehead atoms. The van der Waals surface area contributed by atoms with Crippen LogP contribution >= 0.6 is 0 Å². The summed E-state index contributed by atoms with van der Waals surface area (Å²) < 4.78 is 8.08. The van der Waals surface area contributed by atoms with Crippen LogP contribution in [0.2, 0.25) is 0 Å². The monoisotopic (exact) mass is 370 g/mol. The Morgan fingerprint density at radius 2 is 1.29 bits per heavy atom. The maximum Gasteiger partial charge on any atom is 0.345 e. The van der Waals surface area contributed by atoms with Crippen molar-refractivity contribution in [3.05, 3.63) is 83.9 Å². The first kappa shape index (κ1) is 18.2. The Bertz CT molecular complexity index is 1150. The zero-order chi connectivity index (χ0) is 19.9. The topological polar surface area (TPSA) is 30.2 Å².